The van der Waals surface area contributed by atoms with Crippen LogP contribution < -0.4 is 10.6 Å². The predicted octanol–water partition coefficient (Wildman–Crippen LogP) is -0.459. The molecule has 2 heterocycles. The van der Waals surface area contributed by atoms with E-state index in [4.69, 9.17) is 5.73 Å². The summed E-state index contributed by atoms with van der Waals surface area (Å²) in [4.78, 5) is 12.9. The summed E-state index contributed by atoms with van der Waals surface area (Å²) in [7, 11) is 0. The first-order valence-electron chi connectivity index (χ1n) is 4.11. The maximum atomic E-state index is 11.4. The average Bonchev–Trinajstić information content (AvgIpc) is 2.47. The van der Waals surface area contributed by atoms with Gasteiger partial charge >= 0.3 is 0 Å². The second-order valence-electron chi connectivity index (χ2n) is 3.05. The number of nitrogens with zero attached hydrogens (tertiary/aromatic N) is 3. The van der Waals surface area contributed by atoms with Crippen LogP contribution in [-0.2, 0) is 4.79 Å². The molecular formula is C8H10N4O. The topological polar surface area (TPSA) is 72.1 Å². The largest absolute Gasteiger partial charge is 0.326 e. The molecule has 1 saturated heterocycles. The molecule has 1 aliphatic rings. The van der Waals surface area contributed by atoms with Gasteiger partial charge in [0.1, 0.15) is 0 Å². The number of amides is 1. The van der Waals surface area contributed by atoms with E-state index in [1.165, 1.54) is 0 Å². The maximum Gasteiger partial charge on any atom is 0.229 e. The van der Waals surface area contributed by atoms with E-state index in [0.717, 1.165) is 0 Å². The Morgan fingerprint density at radius 3 is 3.00 bits per heavy atom. The summed E-state index contributed by atoms with van der Waals surface area (Å²) in [5, 5.41) is 7.55. The molecule has 5 nitrogen and oxygen atoms in total. The van der Waals surface area contributed by atoms with E-state index in [9.17, 15) is 4.79 Å². The number of carbonyl (C=O) groups excluding carboxylic acids is 1. The van der Waals surface area contributed by atoms with E-state index in [1.54, 1.807) is 23.2 Å². The van der Waals surface area contributed by atoms with E-state index in [0.29, 0.717) is 18.8 Å². The van der Waals surface area contributed by atoms with Crippen LogP contribution in [0, 0.1) is 0 Å². The van der Waals surface area contributed by atoms with Crippen molar-refractivity contribution in [3.05, 3.63) is 18.3 Å². The molecule has 0 radical (unpaired) electrons. The quantitative estimate of drug-likeness (QED) is 0.631. The fourth-order valence-electron chi connectivity index (χ4n) is 1.39. The highest BCUT2D eigenvalue weighted by Crippen LogP contribution is 2.16. The lowest BCUT2D eigenvalue weighted by molar-refractivity contribution is -0.117. The van der Waals surface area contributed by atoms with Crippen LogP contribution in [0.5, 0.6) is 0 Å². The van der Waals surface area contributed by atoms with Gasteiger partial charge < -0.3 is 5.73 Å². The minimum Gasteiger partial charge on any atom is -0.326 e. The Bertz CT molecular complexity index is 313. The number of hydrogen-bond donors (Lipinski definition) is 1. The van der Waals surface area contributed by atoms with Crippen LogP contribution in [0.3, 0.4) is 0 Å². The van der Waals surface area contributed by atoms with Crippen molar-refractivity contribution in [2.75, 3.05) is 11.4 Å². The standard InChI is InChI=1S/C8H10N4O/c9-6-4-8(13)12(5-6)7-2-1-3-10-11-7/h1-3,6H,4-5,9H2. The van der Waals surface area contributed by atoms with Crippen molar-refractivity contribution in [3.8, 4) is 0 Å². The van der Waals surface area contributed by atoms with Crippen LogP contribution in [0.2, 0.25) is 0 Å². The zero-order valence-corrected chi connectivity index (χ0v) is 7.05. The van der Waals surface area contributed by atoms with Gasteiger partial charge in [0.05, 0.1) is 0 Å². The minimum atomic E-state index is -0.0745. The summed E-state index contributed by atoms with van der Waals surface area (Å²) in [6.07, 6.45) is 1.97. The van der Waals surface area contributed by atoms with Gasteiger partial charge in [-0.05, 0) is 12.1 Å². The van der Waals surface area contributed by atoms with E-state index < -0.39 is 0 Å². The van der Waals surface area contributed by atoms with Crippen LogP contribution in [-0.4, -0.2) is 28.7 Å². The van der Waals surface area contributed by atoms with Gasteiger partial charge in [-0.25, -0.2) is 0 Å². The number of nitrogens with two attached hydrogens (primary N) is 1. The maximum absolute atomic E-state index is 11.4. The number of hydrogen-bond acceptors (Lipinski definition) is 4. The molecule has 1 aliphatic heterocycles. The normalized spacial score (nSPS) is 22.4. The lowest BCUT2D eigenvalue weighted by Crippen LogP contribution is -2.28. The molecule has 1 aromatic rings. The van der Waals surface area contributed by atoms with Gasteiger partial charge in [-0.3, -0.25) is 9.69 Å². The smallest absolute Gasteiger partial charge is 0.229 e. The summed E-state index contributed by atoms with van der Waals surface area (Å²) >= 11 is 0. The molecular weight excluding hydrogens is 168 g/mol. The molecule has 0 aliphatic carbocycles. The second kappa shape index (κ2) is 3.10. The van der Waals surface area contributed by atoms with Gasteiger partial charge in [0.15, 0.2) is 5.82 Å². The lowest BCUT2D eigenvalue weighted by Gasteiger charge is -2.12. The summed E-state index contributed by atoms with van der Waals surface area (Å²) in [6, 6.07) is 3.43. The second-order valence-corrected chi connectivity index (χ2v) is 3.05. The molecule has 2 N–H and O–H groups in total. The Morgan fingerprint density at radius 2 is 2.46 bits per heavy atom. The molecule has 5 heteroatoms. The fourth-order valence-corrected chi connectivity index (χ4v) is 1.39. The Morgan fingerprint density at radius 1 is 1.62 bits per heavy atom. The van der Waals surface area contributed by atoms with E-state index >= 15 is 0 Å². The highest BCUT2D eigenvalue weighted by Gasteiger charge is 2.28. The molecule has 2 rings (SSSR count). The van der Waals surface area contributed by atoms with Crippen LogP contribution in [0.1, 0.15) is 6.42 Å². The first-order valence-corrected chi connectivity index (χ1v) is 4.11. The average molecular weight is 178 g/mol. The van der Waals surface area contributed by atoms with E-state index in [-0.39, 0.29) is 11.9 Å². The first-order chi connectivity index (χ1) is 6.27. The van der Waals surface area contributed by atoms with Gasteiger partial charge in [0, 0.05) is 25.2 Å². The van der Waals surface area contributed by atoms with Gasteiger partial charge in [0.25, 0.3) is 0 Å². The van der Waals surface area contributed by atoms with Gasteiger partial charge in [-0.2, -0.15) is 5.10 Å². The predicted molar refractivity (Wildman–Crippen MR) is 47.0 cm³/mol. The summed E-state index contributed by atoms with van der Waals surface area (Å²) in [5.41, 5.74) is 5.64. The summed E-state index contributed by atoms with van der Waals surface area (Å²) in [5.74, 6) is 0.605. The number of rotatable bonds is 1. The van der Waals surface area contributed by atoms with Gasteiger partial charge in [0.2, 0.25) is 5.91 Å². The van der Waals surface area contributed by atoms with Crippen molar-refractivity contribution in [1.82, 2.24) is 10.2 Å². The summed E-state index contributed by atoms with van der Waals surface area (Å²) in [6.45, 7) is 0.539. The van der Waals surface area contributed by atoms with Crippen molar-refractivity contribution in [1.29, 1.82) is 0 Å². The Labute approximate surface area is 75.6 Å². The van der Waals surface area contributed by atoms with E-state index in [1.807, 2.05) is 0 Å². The van der Waals surface area contributed by atoms with Gasteiger partial charge in [-0.1, -0.05) is 0 Å². The molecule has 0 spiro atoms. The molecule has 1 aromatic heterocycles. The van der Waals surface area contributed by atoms with Crippen molar-refractivity contribution >= 4 is 11.7 Å². The van der Waals surface area contributed by atoms with Crippen molar-refractivity contribution in [3.63, 3.8) is 0 Å². The van der Waals surface area contributed by atoms with Crippen LogP contribution in [0.25, 0.3) is 0 Å². The van der Waals surface area contributed by atoms with Crippen LogP contribution >= 0.6 is 0 Å². The highest BCUT2D eigenvalue weighted by atomic mass is 16.2. The molecule has 0 aromatic carbocycles. The number of aromatic nitrogens is 2. The third-order valence-corrected chi connectivity index (χ3v) is 1.99. The molecule has 0 bridgehead atoms. The fraction of sp³-hybridized carbons (Fsp3) is 0.375. The van der Waals surface area contributed by atoms with Crippen molar-refractivity contribution in [2.24, 2.45) is 5.73 Å². The molecule has 1 amide bonds. The van der Waals surface area contributed by atoms with Crippen molar-refractivity contribution < 1.29 is 4.79 Å². The van der Waals surface area contributed by atoms with Crippen molar-refractivity contribution in [2.45, 2.75) is 12.5 Å². The Hall–Kier alpha value is -1.49. The molecule has 1 unspecified atom stereocenters. The Balaban J connectivity index is 2.23. The molecule has 1 atom stereocenters. The molecule has 0 saturated carbocycles. The number of anilines is 1. The first kappa shape index (κ1) is 8.12. The van der Waals surface area contributed by atoms with Crippen LogP contribution in [0.4, 0.5) is 5.82 Å². The molecule has 1 fully saturated rings. The van der Waals surface area contributed by atoms with Crippen LogP contribution in [0.15, 0.2) is 18.3 Å². The van der Waals surface area contributed by atoms with E-state index in [2.05, 4.69) is 10.2 Å². The molecule has 68 valence electrons. The lowest BCUT2D eigenvalue weighted by atomic mass is 10.3. The third-order valence-electron chi connectivity index (χ3n) is 1.99. The highest BCUT2D eigenvalue weighted by molar-refractivity contribution is 5.95. The summed E-state index contributed by atoms with van der Waals surface area (Å²) < 4.78 is 0. The SMILES string of the molecule is NC1CC(=O)N(c2cccnn2)C1. The molecule has 13 heavy (non-hydrogen) atoms. The third kappa shape index (κ3) is 1.50. The van der Waals surface area contributed by atoms with Gasteiger partial charge in [-0.15, -0.1) is 5.10 Å². The monoisotopic (exact) mass is 178 g/mol. The minimum absolute atomic E-state index is 0.0213. The zero-order valence-electron chi connectivity index (χ0n) is 7.05. The number of carbonyl (C=O) groups is 1. The Kier molecular flexibility index (Phi) is 1.94. The zero-order chi connectivity index (χ0) is 9.26.